The molecular weight excluding hydrogens is 423 g/mol. The van der Waals surface area contributed by atoms with E-state index >= 15 is 0 Å². The summed E-state index contributed by atoms with van der Waals surface area (Å²) in [6, 6.07) is 34.9. The van der Waals surface area contributed by atoms with Gasteiger partial charge in [0.15, 0.2) is 0 Å². The lowest BCUT2D eigenvalue weighted by Crippen LogP contribution is -2.17. The van der Waals surface area contributed by atoms with Gasteiger partial charge >= 0.3 is 0 Å². The van der Waals surface area contributed by atoms with Crippen LogP contribution in [0.4, 0.5) is 10.1 Å². The van der Waals surface area contributed by atoms with Crippen LogP contribution in [0.1, 0.15) is 29.0 Å². The van der Waals surface area contributed by atoms with Gasteiger partial charge in [-0.15, -0.1) is 0 Å². The van der Waals surface area contributed by atoms with Gasteiger partial charge in [0.05, 0.1) is 5.69 Å². The Balaban J connectivity index is 1.53. The smallest absolute Gasteiger partial charge is 0.225 e. The number of nitrogens with one attached hydrogen (secondary N) is 1. The zero-order chi connectivity index (χ0) is 23.3. The van der Waals surface area contributed by atoms with Crippen molar-refractivity contribution in [3.8, 4) is 0 Å². The maximum absolute atomic E-state index is 14.1. The molecule has 0 radical (unpaired) electrons. The minimum atomic E-state index is -0.438. The fourth-order valence-corrected chi connectivity index (χ4v) is 4.51. The summed E-state index contributed by atoms with van der Waals surface area (Å²) in [6.07, 6.45) is 2.36. The standard InChI is InChI=1S/C30H25FN2O/c31-27-16-8-9-17-28(27)32-30(34)19-25(23-13-5-2-6-14-23)26-21-33(20-22-11-3-1-4-12-22)29-18-10-7-15-24(26)29/h1-18,21,25H,19-20H2,(H,32,34). The van der Waals surface area contributed by atoms with E-state index in [9.17, 15) is 9.18 Å². The molecule has 0 aliphatic heterocycles. The van der Waals surface area contributed by atoms with Crippen molar-refractivity contribution in [2.75, 3.05) is 5.32 Å². The molecule has 4 heteroatoms. The second kappa shape index (κ2) is 9.75. The van der Waals surface area contributed by atoms with E-state index in [0.717, 1.165) is 28.6 Å². The molecule has 1 N–H and O–H groups in total. The first-order valence-corrected chi connectivity index (χ1v) is 11.4. The van der Waals surface area contributed by atoms with Crippen LogP contribution in [0.15, 0.2) is 115 Å². The van der Waals surface area contributed by atoms with Crippen LogP contribution in [0.5, 0.6) is 0 Å². The van der Waals surface area contributed by atoms with Crippen LogP contribution in [0, 0.1) is 5.82 Å². The molecule has 0 bridgehead atoms. The van der Waals surface area contributed by atoms with Crippen LogP contribution in [0.3, 0.4) is 0 Å². The zero-order valence-corrected chi connectivity index (χ0v) is 18.7. The third-order valence-corrected chi connectivity index (χ3v) is 6.13. The quantitative estimate of drug-likeness (QED) is 0.286. The molecule has 1 heterocycles. The van der Waals surface area contributed by atoms with Crippen LogP contribution >= 0.6 is 0 Å². The van der Waals surface area contributed by atoms with Crippen LogP contribution in [0.25, 0.3) is 10.9 Å². The predicted octanol–water partition coefficient (Wildman–Crippen LogP) is 6.99. The average molecular weight is 449 g/mol. The fraction of sp³-hybridized carbons (Fsp3) is 0.100. The van der Waals surface area contributed by atoms with E-state index in [-0.39, 0.29) is 23.9 Å². The summed E-state index contributed by atoms with van der Waals surface area (Å²) in [4.78, 5) is 13.1. The molecule has 5 aromatic rings. The second-order valence-corrected chi connectivity index (χ2v) is 8.41. The molecular formula is C30H25FN2O. The normalized spacial score (nSPS) is 11.9. The SMILES string of the molecule is O=C(CC(c1ccccc1)c1cn(Cc2ccccc2)c2ccccc12)Nc1ccccc1F. The highest BCUT2D eigenvalue weighted by Gasteiger charge is 2.23. The molecule has 1 aromatic heterocycles. The van der Waals surface area contributed by atoms with Gasteiger partial charge in [-0.3, -0.25) is 4.79 Å². The molecule has 1 amide bonds. The van der Waals surface area contributed by atoms with E-state index in [4.69, 9.17) is 0 Å². The van der Waals surface area contributed by atoms with Gasteiger partial charge in [0, 0.05) is 36.0 Å². The molecule has 0 saturated carbocycles. The van der Waals surface area contributed by atoms with Crippen LogP contribution in [0.2, 0.25) is 0 Å². The molecule has 0 fully saturated rings. The van der Waals surface area contributed by atoms with E-state index in [1.165, 1.54) is 11.6 Å². The number of para-hydroxylation sites is 2. The van der Waals surface area contributed by atoms with Crippen LogP contribution in [-0.2, 0) is 11.3 Å². The van der Waals surface area contributed by atoms with E-state index < -0.39 is 5.82 Å². The van der Waals surface area contributed by atoms with Gasteiger partial charge in [-0.05, 0) is 34.9 Å². The Morgan fingerprint density at radius 1 is 0.794 bits per heavy atom. The summed E-state index contributed by atoms with van der Waals surface area (Å²) in [5, 5.41) is 3.87. The van der Waals surface area contributed by atoms with Crippen molar-refractivity contribution in [1.29, 1.82) is 0 Å². The number of fused-ring (bicyclic) bond motifs is 1. The predicted molar refractivity (Wildman–Crippen MR) is 135 cm³/mol. The van der Waals surface area contributed by atoms with Gasteiger partial charge in [0.2, 0.25) is 5.91 Å². The molecule has 0 saturated heterocycles. The number of carbonyl (C=O) groups is 1. The highest BCUT2D eigenvalue weighted by Crippen LogP contribution is 2.35. The molecule has 1 atom stereocenters. The van der Waals surface area contributed by atoms with Gasteiger partial charge < -0.3 is 9.88 Å². The molecule has 168 valence electrons. The van der Waals surface area contributed by atoms with E-state index in [2.05, 4.69) is 40.3 Å². The highest BCUT2D eigenvalue weighted by molar-refractivity contribution is 5.93. The fourth-order valence-electron chi connectivity index (χ4n) is 4.51. The molecule has 1 unspecified atom stereocenters. The van der Waals surface area contributed by atoms with Gasteiger partial charge in [-0.25, -0.2) is 4.39 Å². The van der Waals surface area contributed by atoms with Crippen molar-refractivity contribution >= 4 is 22.5 Å². The van der Waals surface area contributed by atoms with Crippen LogP contribution < -0.4 is 5.32 Å². The summed E-state index contributed by atoms with van der Waals surface area (Å²) >= 11 is 0. The number of rotatable bonds is 7. The van der Waals surface area contributed by atoms with Gasteiger partial charge in [0.1, 0.15) is 5.82 Å². The maximum atomic E-state index is 14.1. The summed E-state index contributed by atoms with van der Waals surface area (Å²) in [5.74, 6) is -0.833. The van der Waals surface area contributed by atoms with Crippen molar-refractivity contribution in [3.63, 3.8) is 0 Å². The number of hydrogen-bond acceptors (Lipinski definition) is 1. The van der Waals surface area contributed by atoms with Crippen molar-refractivity contribution in [2.45, 2.75) is 18.9 Å². The number of aromatic nitrogens is 1. The average Bonchev–Trinajstić information content (AvgIpc) is 3.23. The number of anilines is 1. The number of hydrogen-bond donors (Lipinski definition) is 1. The molecule has 5 rings (SSSR count). The second-order valence-electron chi connectivity index (χ2n) is 8.41. The number of amides is 1. The van der Waals surface area contributed by atoms with Gasteiger partial charge in [0.25, 0.3) is 0 Å². The summed E-state index contributed by atoms with van der Waals surface area (Å²) < 4.78 is 16.4. The lowest BCUT2D eigenvalue weighted by Gasteiger charge is -2.17. The Hall–Kier alpha value is -4.18. The molecule has 0 spiro atoms. The molecule has 3 nitrogen and oxygen atoms in total. The molecule has 0 aliphatic carbocycles. The molecule has 4 aromatic carbocycles. The minimum Gasteiger partial charge on any atom is -0.343 e. The largest absolute Gasteiger partial charge is 0.343 e. The first-order chi connectivity index (χ1) is 16.7. The Morgan fingerprint density at radius 2 is 1.44 bits per heavy atom. The zero-order valence-electron chi connectivity index (χ0n) is 18.7. The van der Waals surface area contributed by atoms with Crippen LogP contribution in [-0.4, -0.2) is 10.5 Å². The third-order valence-electron chi connectivity index (χ3n) is 6.13. The van der Waals surface area contributed by atoms with Crippen molar-refractivity contribution in [2.24, 2.45) is 0 Å². The summed E-state index contributed by atoms with van der Waals surface area (Å²) in [5.41, 5.74) is 4.67. The topological polar surface area (TPSA) is 34.0 Å². The number of halogens is 1. The third kappa shape index (κ3) is 4.62. The lowest BCUT2D eigenvalue weighted by atomic mass is 9.88. The minimum absolute atomic E-state index is 0.171. The maximum Gasteiger partial charge on any atom is 0.225 e. The monoisotopic (exact) mass is 448 g/mol. The number of nitrogens with zero attached hydrogens (tertiary/aromatic N) is 1. The summed E-state index contributed by atoms with van der Waals surface area (Å²) in [6.45, 7) is 0.740. The number of carbonyl (C=O) groups excluding carboxylic acids is 1. The first kappa shape index (κ1) is 21.7. The van der Waals surface area contributed by atoms with Gasteiger partial charge in [-0.1, -0.05) is 91.0 Å². The first-order valence-electron chi connectivity index (χ1n) is 11.4. The Labute approximate surface area is 198 Å². The lowest BCUT2D eigenvalue weighted by molar-refractivity contribution is -0.116. The Morgan fingerprint density at radius 3 is 2.21 bits per heavy atom. The van der Waals surface area contributed by atoms with E-state index in [0.29, 0.717) is 0 Å². The molecule has 34 heavy (non-hydrogen) atoms. The Bertz CT molecular complexity index is 1410. The van der Waals surface area contributed by atoms with E-state index in [1.54, 1.807) is 18.2 Å². The van der Waals surface area contributed by atoms with Gasteiger partial charge in [-0.2, -0.15) is 0 Å². The van der Waals surface area contributed by atoms with Crippen molar-refractivity contribution < 1.29 is 9.18 Å². The number of benzene rings is 4. The highest BCUT2D eigenvalue weighted by atomic mass is 19.1. The van der Waals surface area contributed by atoms with Crippen molar-refractivity contribution in [1.82, 2.24) is 4.57 Å². The molecule has 0 aliphatic rings. The van der Waals surface area contributed by atoms with E-state index in [1.807, 2.05) is 60.7 Å². The Kier molecular flexibility index (Phi) is 6.21. The van der Waals surface area contributed by atoms with Crippen molar-refractivity contribution in [3.05, 3.63) is 138 Å². The summed E-state index contributed by atoms with van der Waals surface area (Å²) in [7, 11) is 0.